The topological polar surface area (TPSA) is 42.7 Å². The number of rotatable bonds is 3. The lowest BCUT2D eigenvalue weighted by molar-refractivity contribution is -0.137. The molecular formula is C17H18Cl3NO3. The molecule has 0 saturated carbocycles. The highest BCUT2D eigenvalue weighted by atomic mass is 35.5. The zero-order chi connectivity index (χ0) is 16.6. The summed E-state index contributed by atoms with van der Waals surface area (Å²) in [5, 5.41) is 1.77. The fourth-order valence-electron chi connectivity index (χ4n) is 2.86. The van der Waals surface area contributed by atoms with Crippen molar-refractivity contribution in [2.75, 3.05) is 20.2 Å². The number of furan rings is 1. The largest absolute Gasteiger partial charge is 0.462 e. The summed E-state index contributed by atoms with van der Waals surface area (Å²) < 4.78 is 10.8. The molecule has 24 heavy (non-hydrogen) atoms. The fourth-order valence-corrected chi connectivity index (χ4v) is 3.27. The van der Waals surface area contributed by atoms with Crippen LogP contribution >= 0.6 is 35.6 Å². The van der Waals surface area contributed by atoms with Crippen molar-refractivity contribution in [2.45, 2.75) is 19.9 Å². The maximum atomic E-state index is 11.7. The molecule has 0 amide bonds. The summed E-state index contributed by atoms with van der Waals surface area (Å²) in [6, 6.07) is 3.70. The number of halogens is 3. The number of hydrogen-bond acceptors (Lipinski definition) is 4. The molecule has 0 fully saturated rings. The molecule has 0 unspecified atom stereocenters. The van der Waals surface area contributed by atoms with Gasteiger partial charge in [0.25, 0.3) is 0 Å². The Bertz CT molecular complexity index is 798. The van der Waals surface area contributed by atoms with Crippen LogP contribution in [0.3, 0.4) is 0 Å². The van der Waals surface area contributed by atoms with E-state index in [4.69, 9.17) is 32.4 Å². The Morgan fingerprint density at radius 3 is 2.88 bits per heavy atom. The minimum atomic E-state index is -0.554. The summed E-state index contributed by atoms with van der Waals surface area (Å²) in [5.74, 6) is 0.0253. The van der Waals surface area contributed by atoms with Crippen molar-refractivity contribution in [1.29, 1.82) is 0 Å². The van der Waals surface area contributed by atoms with Crippen molar-refractivity contribution in [3.8, 4) is 0 Å². The third kappa shape index (κ3) is 3.57. The molecule has 4 nitrogen and oxygen atoms in total. The monoisotopic (exact) mass is 389 g/mol. The number of carbonyl (C=O) groups is 1. The third-order valence-corrected chi connectivity index (χ3v) is 4.55. The van der Waals surface area contributed by atoms with E-state index in [2.05, 4.69) is 4.90 Å². The lowest BCUT2D eigenvalue weighted by atomic mass is 10.0. The van der Waals surface area contributed by atoms with Crippen molar-refractivity contribution in [1.82, 2.24) is 4.90 Å². The first-order valence-corrected chi connectivity index (χ1v) is 8.22. The molecule has 0 N–H and O–H groups in total. The minimum absolute atomic E-state index is 0. The minimum Gasteiger partial charge on any atom is -0.462 e. The highest BCUT2D eigenvalue weighted by Gasteiger charge is 2.23. The van der Waals surface area contributed by atoms with E-state index >= 15 is 0 Å². The van der Waals surface area contributed by atoms with Gasteiger partial charge in [0.2, 0.25) is 0 Å². The molecule has 1 aliphatic heterocycles. The Hall–Kier alpha value is -1.20. The second-order valence-corrected chi connectivity index (χ2v) is 6.36. The quantitative estimate of drug-likeness (QED) is 0.565. The van der Waals surface area contributed by atoms with E-state index in [0.717, 1.165) is 40.1 Å². The first-order chi connectivity index (χ1) is 11.0. The molecule has 1 aliphatic rings. The lowest BCUT2D eigenvalue weighted by Gasteiger charge is -2.13. The van der Waals surface area contributed by atoms with E-state index < -0.39 is 5.97 Å². The number of esters is 1. The number of likely N-dealkylation sites (N-methyl/N-ethyl adjacent to an activating group) is 1. The maximum absolute atomic E-state index is 11.7. The first kappa shape index (κ1) is 19.1. The van der Waals surface area contributed by atoms with Crippen LogP contribution in [0.4, 0.5) is 0 Å². The summed E-state index contributed by atoms with van der Waals surface area (Å²) in [6.07, 6.45) is 2.39. The Kier molecular flexibility index (Phi) is 6.21. The molecule has 0 bridgehead atoms. The van der Waals surface area contributed by atoms with Crippen LogP contribution in [-0.2, 0) is 22.5 Å². The van der Waals surface area contributed by atoms with Gasteiger partial charge in [-0.25, -0.2) is 4.79 Å². The highest BCUT2D eigenvalue weighted by Crippen LogP contribution is 2.37. The van der Waals surface area contributed by atoms with Gasteiger partial charge in [-0.1, -0.05) is 23.2 Å². The Morgan fingerprint density at radius 1 is 1.42 bits per heavy atom. The predicted octanol–water partition coefficient (Wildman–Crippen LogP) is 4.64. The van der Waals surface area contributed by atoms with Crippen LogP contribution < -0.4 is 0 Å². The first-order valence-electron chi connectivity index (χ1n) is 7.47. The fraction of sp³-hybridized carbons (Fsp3) is 0.353. The van der Waals surface area contributed by atoms with Crippen molar-refractivity contribution >= 4 is 58.6 Å². The van der Waals surface area contributed by atoms with Gasteiger partial charge in [0, 0.05) is 35.1 Å². The summed E-state index contributed by atoms with van der Waals surface area (Å²) in [6.45, 7) is 3.63. The molecule has 2 aromatic rings. The number of hydrogen-bond donors (Lipinski definition) is 0. The second kappa shape index (κ2) is 7.79. The van der Waals surface area contributed by atoms with E-state index in [9.17, 15) is 4.79 Å². The van der Waals surface area contributed by atoms with Gasteiger partial charge in [-0.2, -0.15) is 0 Å². The molecule has 0 aliphatic carbocycles. The van der Waals surface area contributed by atoms with Gasteiger partial charge in [-0.05, 0) is 38.1 Å². The molecule has 0 atom stereocenters. The van der Waals surface area contributed by atoms with Gasteiger partial charge in [0.1, 0.15) is 16.4 Å². The smallest absolute Gasteiger partial charge is 0.349 e. The van der Waals surface area contributed by atoms with E-state index in [1.807, 2.05) is 19.2 Å². The van der Waals surface area contributed by atoms with Gasteiger partial charge in [0.05, 0.1) is 6.61 Å². The predicted molar refractivity (Wildman–Crippen MR) is 99.0 cm³/mol. The highest BCUT2D eigenvalue weighted by molar-refractivity contribution is 6.43. The number of ether oxygens (including phenoxy) is 1. The standard InChI is InChI=1S/C17H17Cl2NO3.ClH/c1-3-22-17(21)13(19)8-15-11-9-20(2)7-6-10-12(18)4-5-14(23-15)16(10)11;/h4-5,8H,3,6-7,9H2,1-2H3;1H/b13-8-;. The number of carbonyl (C=O) groups excluding carboxylic acids is 1. The van der Waals surface area contributed by atoms with Crippen molar-refractivity contribution < 1.29 is 13.9 Å². The molecule has 1 aromatic carbocycles. The van der Waals surface area contributed by atoms with Crippen LogP contribution in [0.2, 0.25) is 5.02 Å². The summed E-state index contributed by atoms with van der Waals surface area (Å²) in [4.78, 5) is 13.9. The Labute approximate surface area is 156 Å². The zero-order valence-corrected chi connectivity index (χ0v) is 15.7. The molecule has 2 heterocycles. The molecule has 0 radical (unpaired) electrons. The van der Waals surface area contributed by atoms with Crippen molar-refractivity contribution in [3.63, 3.8) is 0 Å². The molecule has 7 heteroatoms. The van der Waals surface area contributed by atoms with Crippen LogP contribution in [0.1, 0.15) is 23.8 Å². The maximum Gasteiger partial charge on any atom is 0.349 e. The molecule has 1 aromatic heterocycles. The van der Waals surface area contributed by atoms with E-state index in [0.29, 0.717) is 12.3 Å². The Balaban J connectivity index is 0.00000208. The van der Waals surface area contributed by atoms with Gasteiger partial charge < -0.3 is 14.1 Å². The summed E-state index contributed by atoms with van der Waals surface area (Å²) in [5.41, 5.74) is 2.84. The molecule has 3 rings (SSSR count). The third-order valence-electron chi connectivity index (χ3n) is 3.94. The van der Waals surface area contributed by atoms with E-state index in [1.54, 1.807) is 6.92 Å². The number of benzene rings is 1. The van der Waals surface area contributed by atoms with Gasteiger partial charge in [0.15, 0.2) is 0 Å². The number of nitrogens with zero attached hydrogens (tertiary/aromatic N) is 1. The zero-order valence-electron chi connectivity index (χ0n) is 13.4. The van der Waals surface area contributed by atoms with Crippen LogP contribution in [0.25, 0.3) is 17.0 Å². The van der Waals surface area contributed by atoms with Crippen molar-refractivity contribution in [2.24, 2.45) is 0 Å². The van der Waals surface area contributed by atoms with Crippen LogP contribution in [0, 0.1) is 0 Å². The Morgan fingerprint density at radius 2 is 2.17 bits per heavy atom. The summed E-state index contributed by atoms with van der Waals surface area (Å²) >= 11 is 12.4. The van der Waals surface area contributed by atoms with Crippen LogP contribution in [-0.4, -0.2) is 31.1 Å². The lowest BCUT2D eigenvalue weighted by Crippen LogP contribution is -2.18. The van der Waals surface area contributed by atoms with Crippen LogP contribution in [0.15, 0.2) is 21.6 Å². The van der Waals surface area contributed by atoms with E-state index in [1.165, 1.54) is 6.08 Å². The van der Waals surface area contributed by atoms with Gasteiger partial charge in [-0.3, -0.25) is 0 Å². The van der Waals surface area contributed by atoms with E-state index in [-0.39, 0.29) is 24.0 Å². The normalized spacial score (nSPS) is 15.1. The summed E-state index contributed by atoms with van der Waals surface area (Å²) in [7, 11) is 2.04. The average molecular weight is 391 g/mol. The molecule has 0 spiro atoms. The second-order valence-electron chi connectivity index (χ2n) is 5.54. The van der Waals surface area contributed by atoms with Gasteiger partial charge >= 0.3 is 5.97 Å². The SMILES string of the molecule is CCOC(=O)/C(Cl)=C/c1oc2ccc(Cl)c3c2c1CN(C)CC3.Cl. The van der Waals surface area contributed by atoms with Crippen molar-refractivity contribution in [3.05, 3.63) is 39.1 Å². The average Bonchev–Trinajstić information content (AvgIpc) is 2.73. The molecule has 130 valence electrons. The molecular weight excluding hydrogens is 373 g/mol. The molecule has 0 saturated heterocycles. The van der Waals surface area contributed by atoms with Gasteiger partial charge in [-0.15, -0.1) is 12.4 Å². The van der Waals surface area contributed by atoms with Crippen LogP contribution in [0.5, 0.6) is 0 Å².